The highest BCUT2D eigenvalue weighted by Gasteiger charge is 2.27. The summed E-state index contributed by atoms with van der Waals surface area (Å²) in [5, 5.41) is 3.65. The first-order chi connectivity index (χ1) is 18.8. The van der Waals surface area contributed by atoms with Crippen LogP contribution in [0.2, 0.25) is 0 Å². The summed E-state index contributed by atoms with van der Waals surface area (Å²) < 4.78 is 9.11. The summed E-state index contributed by atoms with van der Waals surface area (Å²) in [6.45, 7) is 0. The second kappa shape index (κ2) is 8.77. The lowest BCUT2D eigenvalue weighted by atomic mass is 9.80. The summed E-state index contributed by atoms with van der Waals surface area (Å²) in [4.78, 5) is 0. The SMILES string of the molecule is C1=CCCC(C2=CC(n3c4c(c5c6oc7ccccc7c6ccc53)C=CCC4)=CC(C3=CC=CCC3)C2)=C1. The molecular formula is C36H31NO. The Kier molecular flexibility index (Phi) is 5.07. The first-order valence-electron chi connectivity index (χ1n) is 14.1. The fourth-order valence-corrected chi connectivity index (χ4v) is 6.97. The molecule has 4 aliphatic rings. The van der Waals surface area contributed by atoms with Crippen molar-refractivity contribution in [3.8, 4) is 0 Å². The van der Waals surface area contributed by atoms with Crippen molar-refractivity contribution in [1.29, 1.82) is 0 Å². The monoisotopic (exact) mass is 493 g/mol. The standard InChI is InChI=1S/C36H31NO/c1-3-11-24(12-4-1)26-21-27(25-13-5-2-6-14-25)23-28(22-26)37-32-17-9-7-16-31(32)35-33(37)20-19-30-29-15-8-10-18-34(29)38-36(30)35/h1-3,5,7-8,10-11,13,15-16,18-20,22-23,26H,4,6,9,12,14,17,21H2. The van der Waals surface area contributed by atoms with Crippen LogP contribution in [0.1, 0.15) is 49.8 Å². The second-order valence-corrected chi connectivity index (χ2v) is 11.0. The molecule has 38 heavy (non-hydrogen) atoms. The van der Waals surface area contributed by atoms with Gasteiger partial charge in [0.2, 0.25) is 0 Å². The lowest BCUT2D eigenvalue weighted by Gasteiger charge is -2.28. The van der Waals surface area contributed by atoms with E-state index in [2.05, 4.69) is 102 Å². The zero-order valence-corrected chi connectivity index (χ0v) is 21.6. The number of rotatable bonds is 3. The molecule has 2 heteroatoms. The van der Waals surface area contributed by atoms with Gasteiger partial charge in [0, 0.05) is 33.6 Å². The molecule has 2 aromatic carbocycles. The molecule has 0 bridgehead atoms. The minimum absolute atomic E-state index is 0.434. The maximum atomic E-state index is 6.55. The highest BCUT2D eigenvalue weighted by molar-refractivity contribution is 6.17. The molecule has 8 rings (SSSR count). The number of fused-ring (bicyclic) bond motifs is 7. The highest BCUT2D eigenvalue weighted by atomic mass is 16.3. The van der Waals surface area contributed by atoms with Crippen molar-refractivity contribution >= 4 is 44.6 Å². The van der Waals surface area contributed by atoms with Gasteiger partial charge in [-0.15, -0.1) is 0 Å². The summed E-state index contributed by atoms with van der Waals surface area (Å²) in [5.74, 6) is 0.434. The molecule has 1 unspecified atom stereocenters. The maximum Gasteiger partial charge on any atom is 0.145 e. The van der Waals surface area contributed by atoms with Crippen LogP contribution in [0.5, 0.6) is 0 Å². The van der Waals surface area contributed by atoms with Gasteiger partial charge in [-0.25, -0.2) is 0 Å². The van der Waals surface area contributed by atoms with Gasteiger partial charge in [-0.05, 0) is 80.4 Å². The Balaban J connectivity index is 1.39. The normalized spacial score (nSPS) is 21.0. The van der Waals surface area contributed by atoms with Crippen LogP contribution in [-0.2, 0) is 6.42 Å². The molecule has 1 atom stereocenters. The third kappa shape index (κ3) is 3.40. The molecule has 2 aromatic heterocycles. The smallest absolute Gasteiger partial charge is 0.145 e. The Hall–Kier alpha value is -4.04. The zero-order valence-electron chi connectivity index (χ0n) is 21.6. The van der Waals surface area contributed by atoms with Gasteiger partial charge in [-0.1, -0.05) is 78.5 Å². The molecule has 0 fully saturated rings. The van der Waals surface area contributed by atoms with E-state index in [0.717, 1.165) is 56.1 Å². The molecular weight excluding hydrogens is 462 g/mol. The Morgan fingerprint density at radius 2 is 1.66 bits per heavy atom. The van der Waals surface area contributed by atoms with Gasteiger partial charge < -0.3 is 8.98 Å². The van der Waals surface area contributed by atoms with E-state index in [-0.39, 0.29) is 0 Å². The minimum atomic E-state index is 0.434. The van der Waals surface area contributed by atoms with Crippen molar-refractivity contribution in [2.75, 3.05) is 0 Å². The van der Waals surface area contributed by atoms with Crippen LogP contribution in [0.4, 0.5) is 0 Å². The fraction of sp³-hybridized carbons (Fsp3) is 0.222. The number of benzene rings is 2. The number of allylic oxidation sites excluding steroid dienone is 13. The molecule has 0 aliphatic heterocycles. The minimum Gasteiger partial charge on any atom is -0.455 e. The quantitative estimate of drug-likeness (QED) is 0.278. The van der Waals surface area contributed by atoms with Crippen LogP contribution in [0, 0.1) is 5.92 Å². The number of furan rings is 1. The summed E-state index contributed by atoms with van der Waals surface area (Å²) in [5.41, 5.74) is 11.9. The molecule has 0 saturated carbocycles. The fourth-order valence-electron chi connectivity index (χ4n) is 6.97. The van der Waals surface area contributed by atoms with Gasteiger partial charge in [0.15, 0.2) is 0 Å². The Bertz CT molecular complexity index is 1840. The van der Waals surface area contributed by atoms with Crippen molar-refractivity contribution in [2.24, 2.45) is 5.92 Å². The van der Waals surface area contributed by atoms with Crippen molar-refractivity contribution in [3.63, 3.8) is 0 Å². The summed E-state index contributed by atoms with van der Waals surface area (Å²) in [6.07, 6.45) is 31.3. The average Bonchev–Trinajstić information content (AvgIpc) is 3.53. The molecule has 2 nitrogen and oxygen atoms in total. The van der Waals surface area contributed by atoms with Gasteiger partial charge in [-0.3, -0.25) is 0 Å². The van der Waals surface area contributed by atoms with E-state index in [0.29, 0.717) is 5.92 Å². The summed E-state index contributed by atoms with van der Waals surface area (Å²) in [7, 11) is 0. The van der Waals surface area contributed by atoms with Crippen molar-refractivity contribution < 1.29 is 4.42 Å². The first-order valence-corrected chi connectivity index (χ1v) is 14.1. The van der Waals surface area contributed by atoms with E-state index >= 15 is 0 Å². The average molecular weight is 494 g/mol. The third-order valence-corrected chi connectivity index (χ3v) is 8.79. The van der Waals surface area contributed by atoms with Crippen molar-refractivity contribution in [3.05, 3.63) is 119 Å². The van der Waals surface area contributed by atoms with E-state index in [1.807, 2.05) is 0 Å². The lowest BCUT2D eigenvalue weighted by molar-refractivity contribution is 0.672. The molecule has 186 valence electrons. The van der Waals surface area contributed by atoms with E-state index in [9.17, 15) is 0 Å². The number of hydrogen-bond donors (Lipinski definition) is 0. The van der Waals surface area contributed by atoms with Gasteiger partial charge >= 0.3 is 0 Å². The van der Waals surface area contributed by atoms with Crippen molar-refractivity contribution in [1.82, 2.24) is 4.57 Å². The summed E-state index contributed by atoms with van der Waals surface area (Å²) in [6, 6.07) is 13.0. The van der Waals surface area contributed by atoms with Gasteiger partial charge in [0.05, 0.1) is 10.9 Å². The van der Waals surface area contributed by atoms with E-state index < -0.39 is 0 Å². The molecule has 0 spiro atoms. The third-order valence-electron chi connectivity index (χ3n) is 8.79. The molecule has 2 heterocycles. The largest absolute Gasteiger partial charge is 0.455 e. The Labute approximate surface area is 223 Å². The second-order valence-electron chi connectivity index (χ2n) is 11.0. The molecule has 0 saturated heterocycles. The predicted octanol–water partition coefficient (Wildman–Crippen LogP) is 9.84. The summed E-state index contributed by atoms with van der Waals surface area (Å²) >= 11 is 0. The molecule has 0 radical (unpaired) electrons. The Morgan fingerprint density at radius 1 is 0.789 bits per heavy atom. The van der Waals surface area contributed by atoms with Crippen LogP contribution < -0.4 is 0 Å². The number of nitrogens with zero attached hydrogens (tertiary/aromatic N) is 1. The van der Waals surface area contributed by atoms with E-state index in [1.54, 1.807) is 5.57 Å². The van der Waals surface area contributed by atoms with Crippen LogP contribution >= 0.6 is 0 Å². The van der Waals surface area contributed by atoms with Crippen molar-refractivity contribution in [2.45, 2.75) is 44.9 Å². The Morgan fingerprint density at radius 3 is 2.53 bits per heavy atom. The van der Waals surface area contributed by atoms with E-state index in [4.69, 9.17) is 4.42 Å². The lowest BCUT2D eigenvalue weighted by Crippen LogP contribution is -2.14. The maximum absolute atomic E-state index is 6.55. The number of aromatic nitrogens is 1. The zero-order chi connectivity index (χ0) is 25.1. The molecule has 4 aromatic rings. The topological polar surface area (TPSA) is 18.1 Å². The van der Waals surface area contributed by atoms with Gasteiger partial charge in [0.1, 0.15) is 11.2 Å². The molecule has 0 N–H and O–H groups in total. The number of hydrogen-bond acceptors (Lipinski definition) is 1. The van der Waals surface area contributed by atoms with E-state index in [1.165, 1.54) is 49.8 Å². The first kappa shape index (κ1) is 22.0. The number of para-hydroxylation sites is 1. The van der Waals surface area contributed by atoms with Crippen LogP contribution in [0.25, 0.3) is 44.6 Å². The van der Waals surface area contributed by atoms with Crippen LogP contribution in [0.3, 0.4) is 0 Å². The van der Waals surface area contributed by atoms with Crippen LogP contribution in [-0.4, -0.2) is 4.57 Å². The van der Waals surface area contributed by atoms with Gasteiger partial charge in [-0.2, -0.15) is 0 Å². The predicted molar refractivity (Wildman–Crippen MR) is 160 cm³/mol. The molecule has 0 amide bonds. The highest BCUT2D eigenvalue weighted by Crippen LogP contribution is 2.44. The van der Waals surface area contributed by atoms with Crippen LogP contribution in [0.15, 0.2) is 112 Å². The van der Waals surface area contributed by atoms with Gasteiger partial charge in [0.25, 0.3) is 0 Å². The molecule has 4 aliphatic carbocycles.